The van der Waals surface area contributed by atoms with E-state index in [2.05, 4.69) is 10.2 Å². The van der Waals surface area contributed by atoms with E-state index >= 15 is 0 Å². The fraction of sp³-hybridized carbons (Fsp3) is 0.636. The Morgan fingerprint density at radius 3 is 2.38 bits per heavy atom. The second-order valence-corrected chi connectivity index (χ2v) is 5.20. The molecule has 21 heavy (non-hydrogen) atoms. The first kappa shape index (κ1) is 13.8. The van der Waals surface area contributed by atoms with Crippen molar-refractivity contribution in [1.82, 2.24) is 19.7 Å². The molecule has 0 saturated heterocycles. The third-order valence-corrected chi connectivity index (χ3v) is 3.86. The lowest BCUT2D eigenvalue weighted by Gasteiger charge is -2.30. The summed E-state index contributed by atoms with van der Waals surface area (Å²) in [5.74, 6) is -2.82. The summed E-state index contributed by atoms with van der Waals surface area (Å²) in [6, 6.07) is 0. The SMILES string of the molecule is O=C(O)C1(C(=O)N2CCn3c(nnc3C(F)(F)F)C2)CC1. The van der Waals surface area contributed by atoms with Crippen molar-refractivity contribution >= 4 is 11.9 Å². The summed E-state index contributed by atoms with van der Waals surface area (Å²) < 4.78 is 39.0. The Kier molecular flexibility index (Phi) is 2.76. The van der Waals surface area contributed by atoms with E-state index in [1.165, 1.54) is 4.90 Å². The van der Waals surface area contributed by atoms with Crippen molar-refractivity contribution in [3.8, 4) is 0 Å². The number of fused-ring (bicyclic) bond motifs is 1. The number of carbonyl (C=O) groups excluding carboxylic acids is 1. The molecule has 1 amide bonds. The monoisotopic (exact) mass is 304 g/mol. The van der Waals surface area contributed by atoms with E-state index in [0.29, 0.717) is 0 Å². The summed E-state index contributed by atoms with van der Waals surface area (Å²) >= 11 is 0. The van der Waals surface area contributed by atoms with Crippen LogP contribution in [0.3, 0.4) is 0 Å². The van der Waals surface area contributed by atoms with Crippen LogP contribution in [-0.2, 0) is 28.9 Å². The molecule has 3 rings (SSSR count). The number of hydrogen-bond acceptors (Lipinski definition) is 4. The van der Waals surface area contributed by atoms with Gasteiger partial charge in [0.2, 0.25) is 11.7 Å². The molecule has 0 atom stereocenters. The lowest BCUT2D eigenvalue weighted by atomic mass is 10.1. The smallest absolute Gasteiger partial charge is 0.451 e. The first-order valence-electron chi connectivity index (χ1n) is 6.28. The lowest BCUT2D eigenvalue weighted by molar-refractivity contribution is -0.154. The number of halogens is 3. The number of rotatable bonds is 2. The quantitative estimate of drug-likeness (QED) is 0.804. The minimum absolute atomic E-state index is 0.0159. The molecular weight excluding hydrogens is 293 g/mol. The Morgan fingerprint density at radius 2 is 1.86 bits per heavy atom. The molecule has 1 fully saturated rings. The van der Waals surface area contributed by atoms with Crippen molar-refractivity contribution in [2.45, 2.75) is 32.1 Å². The van der Waals surface area contributed by atoms with Crippen LogP contribution in [0.1, 0.15) is 24.5 Å². The number of aromatic nitrogens is 3. The number of alkyl halides is 3. The average molecular weight is 304 g/mol. The van der Waals surface area contributed by atoms with Gasteiger partial charge in [0, 0.05) is 13.1 Å². The van der Waals surface area contributed by atoms with E-state index in [1.807, 2.05) is 0 Å². The highest BCUT2D eigenvalue weighted by Gasteiger charge is 2.59. The number of hydrogen-bond donors (Lipinski definition) is 1. The van der Waals surface area contributed by atoms with Crippen LogP contribution in [0, 0.1) is 5.41 Å². The van der Waals surface area contributed by atoms with Crippen LogP contribution in [-0.4, -0.2) is 43.2 Å². The summed E-state index contributed by atoms with van der Waals surface area (Å²) in [5, 5.41) is 15.6. The molecule has 10 heteroatoms. The van der Waals surface area contributed by atoms with Crippen LogP contribution in [0.4, 0.5) is 13.2 Å². The van der Waals surface area contributed by atoms with Crippen molar-refractivity contribution < 1.29 is 27.9 Å². The molecule has 0 spiro atoms. The Morgan fingerprint density at radius 1 is 1.19 bits per heavy atom. The van der Waals surface area contributed by atoms with Gasteiger partial charge < -0.3 is 14.6 Å². The van der Waals surface area contributed by atoms with Gasteiger partial charge in [-0.25, -0.2) is 0 Å². The standard InChI is InChI=1S/C11H11F3N4O3/c12-11(13,14)7-16-15-6-5-17(3-4-18(6)7)8(19)10(1-2-10)9(20)21/h1-5H2,(H,20,21). The highest BCUT2D eigenvalue weighted by Crippen LogP contribution is 2.48. The maximum atomic E-state index is 12.7. The molecule has 2 heterocycles. The third-order valence-electron chi connectivity index (χ3n) is 3.86. The Labute approximate surface area is 116 Å². The molecule has 0 bridgehead atoms. The van der Waals surface area contributed by atoms with Crippen LogP contribution >= 0.6 is 0 Å². The zero-order chi connectivity index (χ0) is 15.4. The molecule has 1 aliphatic heterocycles. The van der Waals surface area contributed by atoms with E-state index in [9.17, 15) is 22.8 Å². The second kappa shape index (κ2) is 4.18. The predicted octanol–water partition coefficient (Wildman–Crippen LogP) is 0.504. The lowest BCUT2D eigenvalue weighted by Crippen LogP contribution is -2.45. The van der Waals surface area contributed by atoms with Crippen molar-refractivity contribution in [2.24, 2.45) is 5.41 Å². The molecule has 2 aliphatic rings. The number of aliphatic carboxylic acids is 1. The van der Waals surface area contributed by atoms with E-state index in [1.54, 1.807) is 0 Å². The van der Waals surface area contributed by atoms with Crippen LogP contribution in [0.15, 0.2) is 0 Å². The molecule has 1 N–H and O–H groups in total. The minimum atomic E-state index is -4.60. The normalized spacial score (nSPS) is 20.0. The fourth-order valence-electron chi connectivity index (χ4n) is 2.49. The van der Waals surface area contributed by atoms with Crippen LogP contribution in [0.2, 0.25) is 0 Å². The summed E-state index contributed by atoms with van der Waals surface area (Å²) in [4.78, 5) is 24.6. The van der Waals surface area contributed by atoms with Gasteiger partial charge in [0.1, 0.15) is 5.41 Å². The van der Waals surface area contributed by atoms with Crippen molar-refractivity contribution in [1.29, 1.82) is 0 Å². The summed E-state index contributed by atoms with van der Waals surface area (Å²) in [6.45, 7) is -0.239. The van der Waals surface area contributed by atoms with E-state index in [0.717, 1.165) is 4.57 Å². The molecule has 0 unspecified atom stereocenters. The van der Waals surface area contributed by atoms with Gasteiger partial charge in [-0.05, 0) is 12.8 Å². The third kappa shape index (κ3) is 2.05. The summed E-state index contributed by atoms with van der Waals surface area (Å²) in [5.41, 5.74) is -1.39. The van der Waals surface area contributed by atoms with Crippen LogP contribution in [0.25, 0.3) is 0 Å². The van der Waals surface area contributed by atoms with Gasteiger partial charge in [-0.2, -0.15) is 13.2 Å². The molecule has 1 aromatic heterocycles. The number of amides is 1. The highest BCUT2D eigenvalue weighted by atomic mass is 19.4. The van der Waals surface area contributed by atoms with Gasteiger partial charge >= 0.3 is 12.1 Å². The second-order valence-electron chi connectivity index (χ2n) is 5.20. The molecule has 7 nitrogen and oxygen atoms in total. The first-order valence-corrected chi connectivity index (χ1v) is 6.28. The van der Waals surface area contributed by atoms with Gasteiger partial charge in [0.25, 0.3) is 0 Å². The number of carboxylic acids is 1. The van der Waals surface area contributed by atoms with Gasteiger partial charge in [0.05, 0.1) is 6.54 Å². The topological polar surface area (TPSA) is 88.3 Å². The van der Waals surface area contributed by atoms with Crippen molar-refractivity contribution in [3.05, 3.63) is 11.6 Å². The summed E-state index contributed by atoms with van der Waals surface area (Å²) in [6.07, 6.45) is -4.08. The Bertz CT molecular complexity index is 621. The van der Waals surface area contributed by atoms with Crippen molar-refractivity contribution in [3.63, 3.8) is 0 Å². The molecular formula is C11H11F3N4O3. The molecule has 1 aromatic rings. The predicted molar refractivity (Wildman–Crippen MR) is 59.7 cm³/mol. The van der Waals surface area contributed by atoms with E-state index in [4.69, 9.17) is 5.11 Å². The van der Waals surface area contributed by atoms with Gasteiger partial charge in [-0.1, -0.05) is 0 Å². The van der Waals surface area contributed by atoms with Crippen LogP contribution < -0.4 is 0 Å². The molecule has 0 aromatic carbocycles. The van der Waals surface area contributed by atoms with Gasteiger partial charge in [-0.3, -0.25) is 9.59 Å². The van der Waals surface area contributed by atoms with Crippen LogP contribution in [0.5, 0.6) is 0 Å². The number of carboxylic acid groups (broad SMARTS) is 1. The zero-order valence-corrected chi connectivity index (χ0v) is 10.7. The van der Waals surface area contributed by atoms with E-state index in [-0.39, 0.29) is 38.3 Å². The Hall–Kier alpha value is -2.13. The minimum Gasteiger partial charge on any atom is -0.480 e. The van der Waals surface area contributed by atoms with Gasteiger partial charge in [0.15, 0.2) is 5.82 Å². The maximum absolute atomic E-state index is 12.7. The number of carbonyl (C=O) groups is 2. The molecule has 114 valence electrons. The maximum Gasteiger partial charge on any atom is 0.451 e. The molecule has 0 radical (unpaired) electrons. The largest absolute Gasteiger partial charge is 0.480 e. The van der Waals surface area contributed by atoms with Gasteiger partial charge in [-0.15, -0.1) is 10.2 Å². The number of nitrogens with zero attached hydrogens (tertiary/aromatic N) is 4. The molecule has 1 aliphatic carbocycles. The van der Waals surface area contributed by atoms with Crippen molar-refractivity contribution in [2.75, 3.05) is 6.54 Å². The highest BCUT2D eigenvalue weighted by molar-refractivity contribution is 6.04. The zero-order valence-electron chi connectivity index (χ0n) is 10.7. The average Bonchev–Trinajstić information content (AvgIpc) is 3.10. The fourth-order valence-corrected chi connectivity index (χ4v) is 2.49. The first-order chi connectivity index (χ1) is 9.75. The Balaban J connectivity index is 1.82. The molecule has 1 saturated carbocycles. The summed E-state index contributed by atoms with van der Waals surface area (Å²) in [7, 11) is 0. The van der Waals surface area contributed by atoms with E-state index < -0.39 is 29.3 Å².